The van der Waals surface area contributed by atoms with E-state index in [1.807, 2.05) is 16.8 Å². The highest BCUT2D eigenvalue weighted by molar-refractivity contribution is 9.10. The van der Waals surface area contributed by atoms with E-state index in [0.29, 0.717) is 6.54 Å². The van der Waals surface area contributed by atoms with E-state index in [1.165, 1.54) is 11.3 Å². The number of benzene rings is 1. The van der Waals surface area contributed by atoms with E-state index < -0.39 is 23.1 Å². The Kier molecular flexibility index (Phi) is 4.08. The quantitative estimate of drug-likeness (QED) is 0.769. The van der Waals surface area contributed by atoms with Gasteiger partial charge in [-0.2, -0.15) is 11.3 Å². The summed E-state index contributed by atoms with van der Waals surface area (Å²) in [6, 6.07) is 4.24. The van der Waals surface area contributed by atoms with Crippen LogP contribution in [0.1, 0.15) is 28.8 Å². The number of hydrogen-bond donors (Lipinski definition) is 0. The number of halogens is 3. The van der Waals surface area contributed by atoms with E-state index in [0.717, 1.165) is 30.5 Å². The maximum Gasteiger partial charge on any atom is 0.260 e. The third-order valence-corrected chi connectivity index (χ3v) is 4.59. The monoisotopic (exact) mass is 371 g/mol. The zero-order valence-corrected chi connectivity index (χ0v) is 13.4. The highest BCUT2D eigenvalue weighted by Gasteiger charge is 2.35. The van der Waals surface area contributed by atoms with Crippen LogP contribution < -0.4 is 0 Å². The molecule has 110 valence electrons. The molecule has 0 spiro atoms. The maximum atomic E-state index is 14.0. The summed E-state index contributed by atoms with van der Waals surface area (Å²) in [5.74, 6) is -2.24. The van der Waals surface area contributed by atoms with Crippen LogP contribution in [0.15, 0.2) is 33.4 Å². The second kappa shape index (κ2) is 5.85. The molecule has 6 heteroatoms. The molecule has 0 bridgehead atoms. The van der Waals surface area contributed by atoms with Gasteiger partial charge in [0.05, 0.1) is 0 Å². The van der Waals surface area contributed by atoms with Gasteiger partial charge in [0.1, 0.15) is 17.2 Å². The zero-order valence-electron chi connectivity index (χ0n) is 11.0. The van der Waals surface area contributed by atoms with Crippen LogP contribution in [0.4, 0.5) is 8.78 Å². The molecule has 2 nitrogen and oxygen atoms in total. The molecule has 0 radical (unpaired) electrons. The fourth-order valence-electron chi connectivity index (χ4n) is 2.22. The molecular weight excluding hydrogens is 360 g/mol. The van der Waals surface area contributed by atoms with Gasteiger partial charge in [0.25, 0.3) is 5.91 Å². The van der Waals surface area contributed by atoms with Gasteiger partial charge in [-0.3, -0.25) is 4.79 Å². The van der Waals surface area contributed by atoms with Crippen molar-refractivity contribution >= 4 is 33.2 Å². The molecule has 21 heavy (non-hydrogen) atoms. The molecule has 3 rings (SSSR count). The molecule has 1 aromatic heterocycles. The van der Waals surface area contributed by atoms with Crippen molar-refractivity contribution in [3.8, 4) is 0 Å². The highest BCUT2D eigenvalue weighted by atomic mass is 79.9. The molecule has 0 unspecified atom stereocenters. The van der Waals surface area contributed by atoms with Crippen molar-refractivity contribution in [1.82, 2.24) is 4.90 Å². The summed E-state index contributed by atoms with van der Waals surface area (Å²) in [7, 11) is 0. The van der Waals surface area contributed by atoms with Crippen molar-refractivity contribution in [2.75, 3.05) is 0 Å². The number of rotatable bonds is 4. The molecule has 1 heterocycles. The first-order valence-electron chi connectivity index (χ1n) is 6.53. The van der Waals surface area contributed by atoms with Gasteiger partial charge in [-0.1, -0.05) is 15.9 Å². The summed E-state index contributed by atoms with van der Waals surface area (Å²) in [4.78, 5) is 14.1. The first-order valence-corrected chi connectivity index (χ1v) is 8.26. The standard InChI is InChI=1S/C15H12BrF2NOS/c16-10-5-12(17)14(13(18)6-10)15(20)19(11-1-2-11)7-9-3-4-21-8-9/h3-6,8,11H,1-2,7H2. The lowest BCUT2D eigenvalue weighted by Gasteiger charge is -2.22. The predicted octanol–water partition coefficient (Wildman–Crippen LogP) is 4.59. The molecule has 1 aromatic carbocycles. The molecule has 0 atom stereocenters. The molecule has 1 aliphatic carbocycles. The van der Waals surface area contributed by atoms with Crippen LogP contribution in [-0.4, -0.2) is 16.8 Å². The number of carbonyl (C=O) groups excluding carboxylic acids is 1. The van der Waals surface area contributed by atoms with Gasteiger partial charge in [0, 0.05) is 17.1 Å². The minimum absolute atomic E-state index is 0.0832. The highest BCUT2D eigenvalue weighted by Crippen LogP contribution is 2.31. The minimum Gasteiger partial charge on any atom is -0.331 e. The average Bonchev–Trinajstić information content (AvgIpc) is 3.11. The van der Waals surface area contributed by atoms with Crippen LogP contribution >= 0.6 is 27.3 Å². The summed E-state index contributed by atoms with van der Waals surface area (Å²) in [6.45, 7) is 0.391. The van der Waals surface area contributed by atoms with Gasteiger partial charge in [-0.15, -0.1) is 0 Å². The van der Waals surface area contributed by atoms with Gasteiger partial charge in [0.15, 0.2) is 0 Å². The number of thiophene rings is 1. The Labute approximate surface area is 133 Å². The van der Waals surface area contributed by atoms with E-state index in [1.54, 1.807) is 4.90 Å². The van der Waals surface area contributed by atoms with Crippen molar-refractivity contribution in [2.24, 2.45) is 0 Å². The second-order valence-corrected chi connectivity index (χ2v) is 6.74. The van der Waals surface area contributed by atoms with E-state index in [9.17, 15) is 13.6 Å². The van der Waals surface area contributed by atoms with Crippen LogP contribution in [0.3, 0.4) is 0 Å². The summed E-state index contributed by atoms with van der Waals surface area (Å²) in [5.41, 5.74) is 0.513. The SMILES string of the molecule is O=C(c1c(F)cc(Br)cc1F)N(Cc1ccsc1)C1CC1. The summed E-state index contributed by atoms with van der Waals surface area (Å²) >= 11 is 4.56. The third kappa shape index (κ3) is 3.16. The molecule has 2 aromatic rings. The third-order valence-electron chi connectivity index (χ3n) is 3.40. The Hall–Kier alpha value is -1.27. The zero-order chi connectivity index (χ0) is 15.0. The van der Waals surface area contributed by atoms with Gasteiger partial charge in [-0.05, 0) is 47.4 Å². The lowest BCUT2D eigenvalue weighted by Crippen LogP contribution is -2.33. The van der Waals surface area contributed by atoms with Crippen molar-refractivity contribution in [1.29, 1.82) is 0 Å². The van der Waals surface area contributed by atoms with Crippen molar-refractivity contribution in [2.45, 2.75) is 25.4 Å². The average molecular weight is 372 g/mol. The fraction of sp³-hybridized carbons (Fsp3) is 0.267. The van der Waals surface area contributed by atoms with E-state index >= 15 is 0 Å². The Morgan fingerprint density at radius 2 is 2.00 bits per heavy atom. The molecule has 1 amide bonds. The van der Waals surface area contributed by atoms with Crippen LogP contribution in [0.5, 0.6) is 0 Å². The molecule has 0 aliphatic heterocycles. The molecular formula is C15H12BrF2NOS. The van der Waals surface area contributed by atoms with Gasteiger partial charge in [-0.25, -0.2) is 8.78 Å². The first-order chi connectivity index (χ1) is 10.1. The summed E-state index contributed by atoms with van der Waals surface area (Å²) < 4.78 is 28.2. The van der Waals surface area contributed by atoms with E-state index in [-0.39, 0.29) is 10.5 Å². The van der Waals surface area contributed by atoms with Crippen molar-refractivity contribution < 1.29 is 13.6 Å². The van der Waals surface area contributed by atoms with Crippen LogP contribution in [-0.2, 0) is 6.54 Å². The largest absolute Gasteiger partial charge is 0.331 e. The second-order valence-electron chi connectivity index (χ2n) is 5.04. The normalized spacial score (nSPS) is 14.2. The Morgan fingerprint density at radius 1 is 1.33 bits per heavy atom. The molecule has 1 fully saturated rings. The number of nitrogens with zero attached hydrogens (tertiary/aromatic N) is 1. The maximum absolute atomic E-state index is 14.0. The number of amides is 1. The number of hydrogen-bond acceptors (Lipinski definition) is 2. The number of carbonyl (C=O) groups is 1. The van der Waals surface area contributed by atoms with Crippen molar-refractivity contribution in [3.63, 3.8) is 0 Å². The van der Waals surface area contributed by atoms with Crippen LogP contribution in [0.25, 0.3) is 0 Å². The smallest absolute Gasteiger partial charge is 0.260 e. The Bertz CT molecular complexity index is 647. The fourth-order valence-corrected chi connectivity index (χ4v) is 3.28. The summed E-state index contributed by atoms with van der Waals surface area (Å²) in [6.07, 6.45) is 1.77. The van der Waals surface area contributed by atoms with Crippen molar-refractivity contribution in [3.05, 3.63) is 56.2 Å². The van der Waals surface area contributed by atoms with E-state index in [2.05, 4.69) is 15.9 Å². The molecule has 0 N–H and O–H groups in total. The molecule has 1 saturated carbocycles. The van der Waals surface area contributed by atoms with E-state index in [4.69, 9.17) is 0 Å². The predicted molar refractivity (Wildman–Crippen MR) is 81.3 cm³/mol. The molecule has 0 saturated heterocycles. The topological polar surface area (TPSA) is 20.3 Å². The van der Waals surface area contributed by atoms with Gasteiger partial charge >= 0.3 is 0 Å². The minimum atomic E-state index is -0.831. The Balaban J connectivity index is 1.91. The summed E-state index contributed by atoms with van der Waals surface area (Å²) in [5, 5.41) is 3.86. The van der Waals surface area contributed by atoms with Crippen LogP contribution in [0, 0.1) is 11.6 Å². The lowest BCUT2D eigenvalue weighted by molar-refractivity contribution is 0.0720. The first kappa shape index (κ1) is 14.7. The van der Waals surface area contributed by atoms with Gasteiger partial charge < -0.3 is 4.90 Å². The van der Waals surface area contributed by atoms with Crippen LogP contribution in [0.2, 0.25) is 0 Å². The lowest BCUT2D eigenvalue weighted by atomic mass is 10.1. The Morgan fingerprint density at radius 3 is 2.52 bits per heavy atom. The van der Waals surface area contributed by atoms with Gasteiger partial charge in [0.2, 0.25) is 0 Å². The molecule has 1 aliphatic rings.